The van der Waals surface area contributed by atoms with E-state index >= 15 is 0 Å². The molecule has 0 aromatic rings. The number of aliphatic hydroxyl groups is 3. The second-order valence-electron chi connectivity index (χ2n) is 10.3. The molecule has 8 heteroatoms. The van der Waals surface area contributed by atoms with E-state index in [1.165, 1.54) is 5.57 Å². The van der Waals surface area contributed by atoms with Gasteiger partial charge in [-0.25, -0.2) is 4.79 Å². The van der Waals surface area contributed by atoms with Crippen LogP contribution in [0.3, 0.4) is 0 Å². The molecule has 4 unspecified atom stereocenters. The Labute approximate surface area is 182 Å². The van der Waals surface area contributed by atoms with Crippen molar-refractivity contribution in [1.29, 1.82) is 0 Å². The second-order valence-corrected chi connectivity index (χ2v) is 10.3. The molecule has 4 aliphatic rings. The summed E-state index contributed by atoms with van der Waals surface area (Å²) >= 11 is 0. The Hall–Kier alpha value is -1.77. The van der Waals surface area contributed by atoms with E-state index in [2.05, 4.69) is 12.1 Å². The van der Waals surface area contributed by atoms with Crippen LogP contribution in [-0.4, -0.2) is 62.8 Å². The van der Waals surface area contributed by atoms with Gasteiger partial charge in [-0.05, 0) is 74.2 Å². The Balaban J connectivity index is 1.62. The SMILES string of the molecule is C[C@]12CCC(=NOCC(=O)O)C=C1CCC1C2C(O)C[C@@]2(C)C1CC[C@]2(O)C(=O)CO. The van der Waals surface area contributed by atoms with Crippen LogP contribution in [0.2, 0.25) is 0 Å². The Bertz CT molecular complexity index is 838. The summed E-state index contributed by atoms with van der Waals surface area (Å²) in [5, 5.41) is 44.8. The average Bonchev–Trinajstić information content (AvgIpc) is 2.98. The molecule has 0 aliphatic heterocycles. The van der Waals surface area contributed by atoms with Crippen LogP contribution in [0.15, 0.2) is 16.8 Å². The first-order valence-electron chi connectivity index (χ1n) is 11.2. The number of hydrogen-bond donors (Lipinski definition) is 4. The lowest BCUT2D eigenvalue weighted by molar-refractivity contribution is -0.181. The molecule has 8 nitrogen and oxygen atoms in total. The molecule has 0 bridgehead atoms. The Morgan fingerprint density at radius 1 is 1.23 bits per heavy atom. The van der Waals surface area contributed by atoms with Crippen molar-refractivity contribution in [3.8, 4) is 0 Å². The predicted octanol–water partition coefficient (Wildman–Crippen LogP) is 1.67. The van der Waals surface area contributed by atoms with Gasteiger partial charge in [-0.2, -0.15) is 0 Å². The molecule has 4 N–H and O–H groups in total. The molecule has 7 atom stereocenters. The van der Waals surface area contributed by atoms with E-state index in [0.29, 0.717) is 19.3 Å². The van der Waals surface area contributed by atoms with Crippen LogP contribution in [0.1, 0.15) is 58.8 Å². The molecule has 3 fully saturated rings. The fourth-order valence-corrected chi connectivity index (χ4v) is 7.54. The third-order valence-electron chi connectivity index (χ3n) is 9.04. The van der Waals surface area contributed by atoms with Gasteiger partial charge >= 0.3 is 5.97 Å². The molecule has 0 heterocycles. The first kappa shape index (κ1) is 22.4. The quantitative estimate of drug-likeness (QED) is 0.482. The number of fused-ring (bicyclic) bond motifs is 5. The minimum absolute atomic E-state index is 0.0265. The van der Waals surface area contributed by atoms with Crippen LogP contribution < -0.4 is 0 Å². The van der Waals surface area contributed by atoms with Crippen LogP contribution in [0.4, 0.5) is 0 Å². The van der Waals surface area contributed by atoms with Gasteiger partial charge in [-0.3, -0.25) is 4.79 Å². The van der Waals surface area contributed by atoms with Crippen LogP contribution >= 0.6 is 0 Å². The highest BCUT2D eigenvalue weighted by atomic mass is 16.6. The summed E-state index contributed by atoms with van der Waals surface area (Å²) < 4.78 is 0. The van der Waals surface area contributed by atoms with Gasteiger partial charge < -0.3 is 25.3 Å². The first-order valence-corrected chi connectivity index (χ1v) is 11.2. The number of carboxylic acids is 1. The fraction of sp³-hybridized carbons (Fsp3) is 0.783. The van der Waals surface area contributed by atoms with Crippen LogP contribution in [-0.2, 0) is 14.4 Å². The van der Waals surface area contributed by atoms with E-state index in [4.69, 9.17) is 9.94 Å². The molecule has 4 aliphatic carbocycles. The molecular weight excluding hydrogens is 402 g/mol. The predicted molar refractivity (Wildman–Crippen MR) is 111 cm³/mol. The number of aliphatic carboxylic acids is 1. The summed E-state index contributed by atoms with van der Waals surface area (Å²) in [5.74, 6) is -1.26. The zero-order valence-electron chi connectivity index (χ0n) is 18.2. The molecule has 172 valence electrons. The standard InChI is InChI=1S/C23H33NO7/c1-21-7-5-14(24-31-12-19(28)29)9-13(21)3-4-15-16-6-8-23(30,18(27)11-25)22(16,2)10-17(26)20(15)21/h9,15-17,20,25-26,30H,3-8,10-12H2,1-2H3,(H,28,29)/t15?,16?,17?,20?,21-,22-,23-/m0/s1. The average molecular weight is 436 g/mol. The maximum atomic E-state index is 12.5. The normalized spacial score (nSPS) is 45.3. The van der Waals surface area contributed by atoms with Gasteiger partial charge in [0.1, 0.15) is 12.2 Å². The van der Waals surface area contributed by atoms with Gasteiger partial charge in [0.05, 0.1) is 11.8 Å². The van der Waals surface area contributed by atoms with Crippen molar-refractivity contribution in [2.24, 2.45) is 33.7 Å². The lowest BCUT2D eigenvalue weighted by Crippen LogP contribution is -2.62. The molecule has 0 radical (unpaired) electrons. The Morgan fingerprint density at radius 2 is 1.97 bits per heavy atom. The van der Waals surface area contributed by atoms with Gasteiger partial charge in [0, 0.05) is 5.41 Å². The van der Waals surface area contributed by atoms with Crippen molar-refractivity contribution < 1.29 is 34.9 Å². The highest BCUT2D eigenvalue weighted by molar-refractivity contribution is 5.96. The van der Waals surface area contributed by atoms with Gasteiger partial charge in [0.2, 0.25) is 6.61 Å². The van der Waals surface area contributed by atoms with E-state index in [-0.39, 0.29) is 23.2 Å². The lowest BCUT2D eigenvalue weighted by atomic mass is 9.45. The molecular formula is C23H33NO7. The van der Waals surface area contributed by atoms with Crippen LogP contribution in [0.5, 0.6) is 0 Å². The number of carboxylic acid groups (broad SMARTS) is 1. The molecule has 31 heavy (non-hydrogen) atoms. The molecule has 0 aromatic heterocycles. The number of carbonyl (C=O) groups is 2. The molecule has 0 saturated heterocycles. The monoisotopic (exact) mass is 435 g/mol. The van der Waals surface area contributed by atoms with E-state index < -0.39 is 42.1 Å². The minimum Gasteiger partial charge on any atom is -0.479 e. The number of oxime groups is 1. The van der Waals surface area contributed by atoms with E-state index in [9.17, 15) is 24.9 Å². The molecule has 0 amide bonds. The smallest absolute Gasteiger partial charge is 0.344 e. The maximum absolute atomic E-state index is 12.5. The summed E-state index contributed by atoms with van der Waals surface area (Å²) in [5.41, 5.74) is -0.594. The number of ketones is 1. The van der Waals surface area contributed by atoms with Gasteiger partial charge in [0.15, 0.2) is 5.78 Å². The number of nitrogens with zero attached hydrogens (tertiary/aromatic N) is 1. The van der Waals surface area contributed by atoms with E-state index in [1.54, 1.807) is 0 Å². The number of hydrogen-bond acceptors (Lipinski definition) is 7. The number of aliphatic hydroxyl groups excluding tert-OH is 2. The van der Waals surface area contributed by atoms with Gasteiger partial charge in [0.25, 0.3) is 0 Å². The highest BCUT2D eigenvalue weighted by Crippen LogP contribution is 2.67. The summed E-state index contributed by atoms with van der Waals surface area (Å²) in [7, 11) is 0. The van der Waals surface area contributed by atoms with Crippen molar-refractivity contribution in [3.63, 3.8) is 0 Å². The molecule has 0 aromatic carbocycles. The molecule has 4 rings (SSSR count). The Morgan fingerprint density at radius 3 is 2.65 bits per heavy atom. The number of allylic oxidation sites excluding steroid dienone is 2. The first-order chi connectivity index (χ1) is 14.6. The second kappa shape index (κ2) is 7.67. The van der Waals surface area contributed by atoms with Crippen molar-refractivity contribution >= 4 is 17.5 Å². The number of rotatable bonds is 5. The number of Topliss-reactive ketones (excluding diaryl/α,β-unsaturated/α-hetero) is 1. The summed E-state index contributed by atoms with van der Waals surface area (Å²) in [6.07, 6.45) is 5.86. The van der Waals surface area contributed by atoms with Crippen molar-refractivity contribution in [3.05, 3.63) is 11.6 Å². The van der Waals surface area contributed by atoms with E-state index in [0.717, 1.165) is 31.4 Å². The van der Waals surface area contributed by atoms with Gasteiger partial charge in [-0.1, -0.05) is 24.6 Å². The Kier molecular flexibility index (Phi) is 5.55. The van der Waals surface area contributed by atoms with Crippen LogP contribution in [0, 0.1) is 28.6 Å². The molecule has 3 saturated carbocycles. The fourth-order valence-electron chi connectivity index (χ4n) is 7.54. The maximum Gasteiger partial charge on any atom is 0.344 e. The summed E-state index contributed by atoms with van der Waals surface area (Å²) in [6.45, 7) is 2.95. The summed E-state index contributed by atoms with van der Waals surface area (Å²) in [6, 6.07) is 0. The van der Waals surface area contributed by atoms with Crippen molar-refractivity contribution in [2.75, 3.05) is 13.2 Å². The van der Waals surface area contributed by atoms with Crippen LogP contribution in [0.25, 0.3) is 0 Å². The number of carbonyl (C=O) groups excluding carboxylic acids is 1. The zero-order chi connectivity index (χ0) is 22.6. The largest absolute Gasteiger partial charge is 0.479 e. The topological polar surface area (TPSA) is 137 Å². The third kappa shape index (κ3) is 3.26. The highest BCUT2D eigenvalue weighted by Gasteiger charge is 2.68. The third-order valence-corrected chi connectivity index (χ3v) is 9.04. The van der Waals surface area contributed by atoms with Gasteiger partial charge in [-0.15, -0.1) is 0 Å². The zero-order valence-corrected chi connectivity index (χ0v) is 18.2. The summed E-state index contributed by atoms with van der Waals surface area (Å²) in [4.78, 5) is 28.0. The minimum atomic E-state index is -1.58. The van der Waals surface area contributed by atoms with E-state index in [1.807, 2.05) is 13.0 Å². The van der Waals surface area contributed by atoms with Crippen molar-refractivity contribution in [1.82, 2.24) is 0 Å². The molecule has 0 spiro atoms. The van der Waals surface area contributed by atoms with Crippen molar-refractivity contribution in [2.45, 2.75) is 70.5 Å². The lowest BCUT2D eigenvalue weighted by Gasteiger charge is -2.60.